The second-order valence-electron chi connectivity index (χ2n) is 6.96. The number of para-hydroxylation sites is 2. The monoisotopic (exact) mass is 443 g/mol. The Morgan fingerprint density at radius 3 is 2.45 bits per heavy atom. The fourth-order valence-electron chi connectivity index (χ4n) is 3.55. The van der Waals surface area contributed by atoms with Gasteiger partial charge in [-0.25, -0.2) is 13.4 Å². The Morgan fingerprint density at radius 1 is 1.10 bits per heavy atom. The van der Waals surface area contributed by atoms with Crippen molar-refractivity contribution in [3.63, 3.8) is 0 Å². The number of H-pyrrole nitrogens is 1. The Hall–Kier alpha value is -2.10. The third kappa shape index (κ3) is 3.86. The van der Waals surface area contributed by atoms with Crippen molar-refractivity contribution in [2.24, 2.45) is 0 Å². The summed E-state index contributed by atoms with van der Waals surface area (Å²) in [5, 5.41) is -0.225. The molecule has 0 spiro atoms. The number of aromatic amines is 1. The standard InChI is InChI=1S/C19H17ClF3N3O2S/c20-14-6-5-13(19(21,22)23)11-17(14)29(27,28)26-9-7-12(8-10-26)18-24-15-3-1-2-4-16(15)25-18/h1-6,11-12H,7-10H2,(H,24,25). The highest BCUT2D eigenvalue weighted by atomic mass is 35.5. The first-order valence-electron chi connectivity index (χ1n) is 8.98. The first-order valence-corrected chi connectivity index (χ1v) is 10.8. The van der Waals surface area contributed by atoms with E-state index in [0.717, 1.165) is 29.0 Å². The maximum absolute atomic E-state index is 13.0. The topological polar surface area (TPSA) is 66.1 Å². The lowest BCUT2D eigenvalue weighted by atomic mass is 9.97. The van der Waals surface area contributed by atoms with Gasteiger partial charge < -0.3 is 4.98 Å². The van der Waals surface area contributed by atoms with Crippen LogP contribution in [0.3, 0.4) is 0 Å². The maximum atomic E-state index is 13.0. The van der Waals surface area contributed by atoms with Crippen LogP contribution in [0.25, 0.3) is 11.0 Å². The Kier molecular flexibility index (Phi) is 5.08. The van der Waals surface area contributed by atoms with E-state index in [1.807, 2.05) is 24.3 Å². The highest BCUT2D eigenvalue weighted by molar-refractivity contribution is 7.89. The molecule has 1 saturated heterocycles. The summed E-state index contributed by atoms with van der Waals surface area (Å²) in [7, 11) is -4.13. The molecule has 1 fully saturated rings. The van der Waals surface area contributed by atoms with E-state index in [0.29, 0.717) is 18.9 Å². The predicted octanol–water partition coefficient (Wildman–Crippen LogP) is 4.80. The summed E-state index contributed by atoms with van der Waals surface area (Å²) < 4.78 is 66.0. The number of hydrogen-bond donors (Lipinski definition) is 1. The average molecular weight is 444 g/mol. The molecule has 2 aromatic carbocycles. The number of nitrogens with one attached hydrogen (secondary N) is 1. The maximum Gasteiger partial charge on any atom is 0.416 e. The van der Waals surface area contributed by atoms with E-state index >= 15 is 0 Å². The number of nitrogens with zero attached hydrogens (tertiary/aromatic N) is 2. The minimum Gasteiger partial charge on any atom is -0.342 e. The van der Waals surface area contributed by atoms with Gasteiger partial charge in [-0.15, -0.1) is 0 Å². The summed E-state index contributed by atoms with van der Waals surface area (Å²) >= 11 is 5.93. The van der Waals surface area contributed by atoms with E-state index in [4.69, 9.17) is 11.6 Å². The number of alkyl halides is 3. The molecule has 10 heteroatoms. The van der Waals surface area contributed by atoms with Crippen molar-refractivity contribution >= 4 is 32.7 Å². The van der Waals surface area contributed by atoms with Crippen LogP contribution < -0.4 is 0 Å². The number of benzene rings is 2. The van der Waals surface area contributed by atoms with E-state index in [1.54, 1.807) is 0 Å². The van der Waals surface area contributed by atoms with Crippen molar-refractivity contribution in [2.75, 3.05) is 13.1 Å². The molecular weight excluding hydrogens is 427 g/mol. The molecule has 0 bridgehead atoms. The Labute approximate surface area is 170 Å². The van der Waals surface area contributed by atoms with Crippen LogP contribution in [0.4, 0.5) is 13.2 Å². The minimum absolute atomic E-state index is 0.0471. The summed E-state index contributed by atoms with van der Waals surface area (Å²) in [5.41, 5.74) is 0.708. The summed E-state index contributed by atoms with van der Waals surface area (Å²) in [6.07, 6.45) is -3.63. The first kappa shape index (κ1) is 20.2. The molecule has 29 heavy (non-hydrogen) atoms. The number of aromatic nitrogens is 2. The fraction of sp³-hybridized carbons (Fsp3) is 0.316. The molecule has 1 aromatic heterocycles. The molecule has 0 amide bonds. The van der Waals surface area contributed by atoms with Gasteiger partial charge in [-0.2, -0.15) is 17.5 Å². The first-order chi connectivity index (χ1) is 13.7. The zero-order valence-corrected chi connectivity index (χ0v) is 16.7. The molecule has 5 nitrogen and oxygen atoms in total. The molecule has 0 radical (unpaired) electrons. The zero-order chi connectivity index (χ0) is 20.8. The van der Waals surface area contributed by atoms with Gasteiger partial charge in [-0.1, -0.05) is 23.7 Å². The second-order valence-corrected chi connectivity index (χ2v) is 9.27. The molecule has 154 valence electrons. The van der Waals surface area contributed by atoms with Gasteiger partial charge >= 0.3 is 6.18 Å². The Balaban J connectivity index is 1.54. The molecule has 1 N–H and O–H groups in total. The molecule has 2 heterocycles. The van der Waals surface area contributed by atoms with Crippen LogP contribution in [0.2, 0.25) is 5.02 Å². The SMILES string of the molecule is O=S(=O)(c1cc(C(F)(F)F)ccc1Cl)N1CCC(c2nc3ccccc3[nH]2)CC1. The lowest BCUT2D eigenvalue weighted by Gasteiger charge is -2.30. The highest BCUT2D eigenvalue weighted by Crippen LogP contribution is 2.36. The number of sulfonamides is 1. The molecule has 0 unspecified atom stereocenters. The molecule has 0 saturated carbocycles. The smallest absolute Gasteiger partial charge is 0.342 e. The Bertz CT molecular complexity index is 1120. The molecule has 0 aliphatic carbocycles. The summed E-state index contributed by atoms with van der Waals surface area (Å²) in [6.45, 7) is 0.354. The third-order valence-corrected chi connectivity index (χ3v) is 7.50. The number of hydrogen-bond acceptors (Lipinski definition) is 3. The lowest BCUT2D eigenvalue weighted by Crippen LogP contribution is -2.38. The zero-order valence-electron chi connectivity index (χ0n) is 15.1. The number of imidazole rings is 1. The normalized spacial score (nSPS) is 17.1. The largest absolute Gasteiger partial charge is 0.416 e. The van der Waals surface area contributed by atoms with Crippen molar-refractivity contribution in [3.8, 4) is 0 Å². The van der Waals surface area contributed by atoms with Gasteiger partial charge in [0.2, 0.25) is 10.0 Å². The molecule has 0 atom stereocenters. The number of piperidine rings is 1. The minimum atomic E-state index is -4.65. The van der Waals surface area contributed by atoms with Crippen molar-refractivity contribution in [3.05, 3.63) is 58.9 Å². The predicted molar refractivity (Wildman–Crippen MR) is 103 cm³/mol. The van der Waals surface area contributed by atoms with Crippen LogP contribution in [0.5, 0.6) is 0 Å². The summed E-state index contributed by atoms with van der Waals surface area (Å²) in [5.74, 6) is 0.839. The van der Waals surface area contributed by atoms with Crippen molar-refractivity contribution < 1.29 is 21.6 Å². The van der Waals surface area contributed by atoms with E-state index in [-0.39, 0.29) is 24.0 Å². The van der Waals surface area contributed by atoms with Crippen LogP contribution in [-0.2, 0) is 16.2 Å². The van der Waals surface area contributed by atoms with Crippen molar-refractivity contribution in [2.45, 2.75) is 29.8 Å². The molecule has 3 aromatic rings. The fourth-order valence-corrected chi connectivity index (χ4v) is 5.52. The third-order valence-electron chi connectivity index (χ3n) is 5.12. The summed E-state index contributed by atoms with van der Waals surface area (Å²) in [4.78, 5) is 7.31. The van der Waals surface area contributed by atoms with Crippen molar-refractivity contribution in [1.29, 1.82) is 0 Å². The van der Waals surface area contributed by atoms with E-state index in [1.165, 1.54) is 4.31 Å². The number of rotatable bonds is 3. The second kappa shape index (κ2) is 7.30. The van der Waals surface area contributed by atoms with Gasteiger partial charge in [-0.3, -0.25) is 0 Å². The van der Waals surface area contributed by atoms with Gasteiger partial charge in [-0.05, 0) is 43.2 Å². The van der Waals surface area contributed by atoms with Crippen LogP contribution in [-0.4, -0.2) is 35.8 Å². The number of fused-ring (bicyclic) bond motifs is 1. The molecule has 4 rings (SSSR count). The van der Waals surface area contributed by atoms with Crippen LogP contribution in [0.1, 0.15) is 30.1 Å². The van der Waals surface area contributed by atoms with Crippen molar-refractivity contribution in [1.82, 2.24) is 14.3 Å². The van der Waals surface area contributed by atoms with E-state index in [9.17, 15) is 21.6 Å². The van der Waals surface area contributed by atoms with E-state index in [2.05, 4.69) is 9.97 Å². The molecule has 1 aliphatic heterocycles. The molecule has 1 aliphatic rings. The van der Waals surface area contributed by atoms with E-state index < -0.39 is 26.7 Å². The van der Waals surface area contributed by atoms with Crippen LogP contribution in [0, 0.1) is 0 Å². The van der Waals surface area contributed by atoms with Gasteiger partial charge in [0.15, 0.2) is 0 Å². The molecular formula is C19H17ClF3N3O2S. The quantitative estimate of drug-likeness (QED) is 0.632. The number of halogens is 4. The highest BCUT2D eigenvalue weighted by Gasteiger charge is 2.36. The van der Waals surface area contributed by atoms with Crippen LogP contribution >= 0.6 is 11.6 Å². The van der Waals surface area contributed by atoms with Gasteiger partial charge in [0.1, 0.15) is 10.7 Å². The average Bonchev–Trinajstić information content (AvgIpc) is 3.11. The summed E-state index contributed by atoms with van der Waals surface area (Å²) in [6, 6.07) is 9.95. The van der Waals surface area contributed by atoms with Gasteiger partial charge in [0.05, 0.1) is 21.6 Å². The van der Waals surface area contributed by atoms with Gasteiger partial charge in [0, 0.05) is 19.0 Å². The van der Waals surface area contributed by atoms with Gasteiger partial charge in [0.25, 0.3) is 0 Å². The Morgan fingerprint density at radius 2 is 1.79 bits per heavy atom. The van der Waals surface area contributed by atoms with Crippen LogP contribution in [0.15, 0.2) is 47.4 Å². The lowest BCUT2D eigenvalue weighted by molar-refractivity contribution is -0.137.